The van der Waals surface area contributed by atoms with Crippen LogP contribution in [0.15, 0.2) is 27.9 Å². The van der Waals surface area contributed by atoms with E-state index in [-0.39, 0.29) is 17.3 Å². The minimum Gasteiger partial charge on any atom is -0.378 e. The van der Waals surface area contributed by atoms with Crippen LogP contribution in [0, 0.1) is 0 Å². The molecule has 10 nitrogen and oxygen atoms in total. The van der Waals surface area contributed by atoms with Gasteiger partial charge in [-0.05, 0) is 12.5 Å². The predicted molar refractivity (Wildman–Crippen MR) is 106 cm³/mol. The van der Waals surface area contributed by atoms with Crippen molar-refractivity contribution in [2.45, 2.75) is 12.5 Å². The number of nitrogens with zero attached hydrogens (tertiary/aromatic N) is 6. The Morgan fingerprint density at radius 1 is 1.11 bits per heavy atom. The SMILES string of the molecule is Cn1c(N2CCC(Nc3nccc(N4CCOCC4)n3)C2)cc(=O)n(C)c1=O. The number of anilines is 3. The number of aromatic nitrogens is 4. The summed E-state index contributed by atoms with van der Waals surface area (Å²) in [6.45, 7) is 4.49. The Labute approximate surface area is 162 Å². The van der Waals surface area contributed by atoms with Crippen molar-refractivity contribution in [2.24, 2.45) is 14.1 Å². The first kappa shape index (κ1) is 18.5. The molecule has 2 aromatic rings. The van der Waals surface area contributed by atoms with Gasteiger partial charge in [-0.25, -0.2) is 9.78 Å². The molecule has 2 saturated heterocycles. The maximum Gasteiger partial charge on any atom is 0.332 e. The van der Waals surface area contributed by atoms with Crippen molar-refractivity contribution in [3.63, 3.8) is 0 Å². The van der Waals surface area contributed by atoms with Gasteiger partial charge in [0, 0.05) is 58.6 Å². The van der Waals surface area contributed by atoms with Gasteiger partial charge in [-0.2, -0.15) is 4.98 Å². The molecule has 28 heavy (non-hydrogen) atoms. The van der Waals surface area contributed by atoms with Crippen molar-refractivity contribution in [1.29, 1.82) is 0 Å². The summed E-state index contributed by atoms with van der Waals surface area (Å²) in [5.74, 6) is 2.12. The van der Waals surface area contributed by atoms with Gasteiger partial charge in [0.05, 0.1) is 13.2 Å². The van der Waals surface area contributed by atoms with Gasteiger partial charge in [0.25, 0.3) is 5.56 Å². The average Bonchev–Trinajstić information content (AvgIpc) is 3.18. The highest BCUT2D eigenvalue weighted by atomic mass is 16.5. The molecule has 4 heterocycles. The molecule has 0 spiro atoms. The van der Waals surface area contributed by atoms with Crippen molar-refractivity contribution in [1.82, 2.24) is 19.1 Å². The molecule has 150 valence electrons. The van der Waals surface area contributed by atoms with Crippen LogP contribution in [0.1, 0.15) is 6.42 Å². The summed E-state index contributed by atoms with van der Waals surface area (Å²) < 4.78 is 8.02. The van der Waals surface area contributed by atoms with Crippen LogP contribution in [0.4, 0.5) is 17.6 Å². The molecule has 0 bridgehead atoms. The standard InChI is InChI=1S/C18H25N7O3/c1-22-15(11-16(26)23(2)18(22)27)25-6-4-13(12-25)20-17-19-5-3-14(21-17)24-7-9-28-10-8-24/h3,5,11,13H,4,6-10,12H2,1-2H3,(H,19,20,21). The molecule has 2 aromatic heterocycles. The number of nitrogens with one attached hydrogen (secondary N) is 1. The zero-order chi connectivity index (χ0) is 19.7. The van der Waals surface area contributed by atoms with Crippen LogP contribution in [0.5, 0.6) is 0 Å². The van der Waals surface area contributed by atoms with E-state index in [0.717, 1.165) is 36.4 Å². The lowest BCUT2D eigenvalue weighted by Gasteiger charge is -2.28. The van der Waals surface area contributed by atoms with Crippen molar-refractivity contribution < 1.29 is 4.74 Å². The molecule has 0 amide bonds. The molecule has 2 aliphatic rings. The van der Waals surface area contributed by atoms with Crippen molar-refractivity contribution in [2.75, 3.05) is 54.5 Å². The Kier molecular flexibility index (Phi) is 5.03. The summed E-state index contributed by atoms with van der Waals surface area (Å²) in [5.41, 5.74) is -0.614. The van der Waals surface area contributed by atoms with Crippen LogP contribution in [0.25, 0.3) is 0 Å². The summed E-state index contributed by atoms with van der Waals surface area (Å²) in [5, 5.41) is 3.39. The Morgan fingerprint density at radius 3 is 2.68 bits per heavy atom. The highest BCUT2D eigenvalue weighted by molar-refractivity contribution is 5.45. The van der Waals surface area contributed by atoms with Crippen LogP contribution < -0.4 is 26.4 Å². The molecule has 1 N–H and O–H groups in total. The first-order chi connectivity index (χ1) is 13.5. The Hall–Kier alpha value is -2.88. The van der Waals surface area contributed by atoms with Crippen LogP contribution >= 0.6 is 0 Å². The number of rotatable bonds is 4. The second-order valence-corrected chi connectivity index (χ2v) is 7.16. The highest BCUT2D eigenvalue weighted by Crippen LogP contribution is 2.20. The van der Waals surface area contributed by atoms with Gasteiger partial charge in [0.15, 0.2) is 0 Å². The van der Waals surface area contributed by atoms with E-state index in [4.69, 9.17) is 4.74 Å². The van der Waals surface area contributed by atoms with Crippen molar-refractivity contribution in [3.8, 4) is 0 Å². The summed E-state index contributed by atoms with van der Waals surface area (Å²) >= 11 is 0. The third-order valence-electron chi connectivity index (χ3n) is 5.32. The van der Waals surface area contributed by atoms with Gasteiger partial charge >= 0.3 is 5.69 Å². The Balaban J connectivity index is 1.46. The average molecular weight is 387 g/mol. The molecule has 2 fully saturated rings. The maximum absolute atomic E-state index is 12.2. The topological polar surface area (TPSA) is 97.5 Å². The lowest BCUT2D eigenvalue weighted by Crippen LogP contribution is -2.40. The zero-order valence-corrected chi connectivity index (χ0v) is 16.2. The van der Waals surface area contributed by atoms with Crippen LogP contribution in [-0.4, -0.2) is 64.5 Å². The molecule has 0 saturated carbocycles. The lowest BCUT2D eigenvalue weighted by atomic mass is 10.3. The van der Waals surface area contributed by atoms with Gasteiger partial charge in [-0.3, -0.25) is 13.9 Å². The van der Waals surface area contributed by atoms with Gasteiger partial charge in [0.2, 0.25) is 5.95 Å². The summed E-state index contributed by atoms with van der Waals surface area (Å²) in [6, 6.07) is 3.56. The normalized spacial score (nSPS) is 19.9. The highest BCUT2D eigenvalue weighted by Gasteiger charge is 2.26. The number of morpholine rings is 1. The molecule has 0 radical (unpaired) electrons. The molecular formula is C18H25N7O3. The van der Waals surface area contributed by atoms with Crippen LogP contribution in [-0.2, 0) is 18.8 Å². The van der Waals surface area contributed by atoms with E-state index in [1.807, 2.05) is 11.0 Å². The van der Waals surface area contributed by atoms with E-state index >= 15 is 0 Å². The van der Waals surface area contributed by atoms with Crippen LogP contribution in [0.2, 0.25) is 0 Å². The van der Waals surface area contributed by atoms with Gasteiger partial charge in [-0.1, -0.05) is 0 Å². The molecule has 1 atom stereocenters. The Bertz CT molecular complexity index is 964. The quantitative estimate of drug-likeness (QED) is 0.743. The molecular weight excluding hydrogens is 362 g/mol. The van der Waals surface area contributed by atoms with Crippen LogP contribution in [0.3, 0.4) is 0 Å². The molecule has 4 rings (SSSR count). The van der Waals surface area contributed by atoms with Crippen molar-refractivity contribution in [3.05, 3.63) is 39.2 Å². The number of ether oxygens (including phenoxy) is 1. The molecule has 1 unspecified atom stereocenters. The molecule has 0 aliphatic carbocycles. The second kappa shape index (κ2) is 7.63. The second-order valence-electron chi connectivity index (χ2n) is 7.16. The summed E-state index contributed by atoms with van der Waals surface area (Å²) in [7, 11) is 3.17. The minimum absolute atomic E-state index is 0.138. The van der Waals surface area contributed by atoms with Gasteiger partial charge < -0.3 is 19.9 Å². The smallest absolute Gasteiger partial charge is 0.332 e. The van der Waals surface area contributed by atoms with Crippen molar-refractivity contribution >= 4 is 17.6 Å². The van der Waals surface area contributed by atoms with E-state index in [0.29, 0.717) is 31.5 Å². The van der Waals surface area contributed by atoms with Gasteiger partial charge in [0.1, 0.15) is 11.6 Å². The maximum atomic E-state index is 12.2. The minimum atomic E-state index is -0.319. The summed E-state index contributed by atoms with van der Waals surface area (Å²) in [6.07, 6.45) is 2.63. The zero-order valence-electron chi connectivity index (χ0n) is 16.2. The Morgan fingerprint density at radius 2 is 1.89 bits per heavy atom. The van der Waals surface area contributed by atoms with E-state index in [2.05, 4.69) is 20.2 Å². The fourth-order valence-electron chi connectivity index (χ4n) is 3.68. The fraction of sp³-hybridized carbons (Fsp3) is 0.556. The first-order valence-electron chi connectivity index (χ1n) is 9.47. The lowest BCUT2D eigenvalue weighted by molar-refractivity contribution is 0.122. The monoisotopic (exact) mass is 387 g/mol. The fourth-order valence-corrected chi connectivity index (χ4v) is 3.68. The van der Waals surface area contributed by atoms with E-state index in [1.54, 1.807) is 13.2 Å². The summed E-state index contributed by atoms with van der Waals surface area (Å²) in [4.78, 5) is 37.4. The van der Waals surface area contributed by atoms with Gasteiger partial charge in [-0.15, -0.1) is 0 Å². The van der Waals surface area contributed by atoms with E-state index < -0.39 is 0 Å². The number of hydrogen-bond donors (Lipinski definition) is 1. The first-order valence-corrected chi connectivity index (χ1v) is 9.47. The third-order valence-corrected chi connectivity index (χ3v) is 5.32. The third kappa shape index (κ3) is 3.59. The molecule has 10 heteroatoms. The predicted octanol–water partition coefficient (Wildman–Crippen LogP) is -0.599. The van der Waals surface area contributed by atoms with E-state index in [1.165, 1.54) is 17.7 Å². The number of hydrogen-bond acceptors (Lipinski definition) is 8. The molecule has 2 aliphatic heterocycles. The molecule has 0 aromatic carbocycles. The largest absolute Gasteiger partial charge is 0.378 e. The van der Waals surface area contributed by atoms with E-state index in [9.17, 15) is 9.59 Å².